The first-order valence-corrected chi connectivity index (χ1v) is 4.82. The minimum atomic E-state index is 0.603. The molecular formula is C8H12N2S. The number of nitrogens with two attached hydrogens (primary N) is 1. The summed E-state index contributed by atoms with van der Waals surface area (Å²) in [5.74, 6) is 0.603. The molecule has 0 bridgehead atoms. The van der Waals surface area contributed by atoms with Crippen LogP contribution in [-0.4, -0.2) is 10.9 Å². The number of aryl methyl sites for hydroxylation is 1. The van der Waals surface area contributed by atoms with Crippen LogP contribution in [0.25, 0.3) is 0 Å². The zero-order chi connectivity index (χ0) is 7.68. The molecule has 1 aromatic rings. The zero-order valence-electron chi connectivity index (χ0n) is 6.42. The molecule has 0 fully saturated rings. The van der Waals surface area contributed by atoms with Crippen molar-refractivity contribution < 1.29 is 0 Å². The van der Waals surface area contributed by atoms with Gasteiger partial charge in [0.2, 0.25) is 0 Å². The molecule has 1 aromatic heterocycles. The predicted molar refractivity (Wildman–Crippen MR) is 46.8 cm³/mol. The third kappa shape index (κ3) is 1.19. The molecule has 11 heavy (non-hydrogen) atoms. The second kappa shape index (κ2) is 2.91. The molecule has 1 heterocycles. The van der Waals surface area contributed by atoms with Crippen molar-refractivity contribution >= 4 is 11.5 Å². The van der Waals surface area contributed by atoms with Gasteiger partial charge in [-0.15, -0.1) is 0 Å². The summed E-state index contributed by atoms with van der Waals surface area (Å²) in [5, 5.41) is 0. The number of fused-ring (bicyclic) bond motifs is 1. The second-order valence-corrected chi connectivity index (χ2v) is 3.87. The van der Waals surface area contributed by atoms with Crippen LogP contribution in [-0.2, 0) is 6.42 Å². The molecule has 0 saturated carbocycles. The number of hydrogen-bond acceptors (Lipinski definition) is 3. The third-order valence-corrected chi connectivity index (χ3v) is 3.33. The van der Waals surface area contributed by atoms with Crippen molar-refractivity contribution in [2.75, 3.05) is 6.54 Å². The van der Waals surface area contributed by atoms with Crippen LogP contribution in [0.4, 0.5) is 0 Å². The summed E-state index contributed by atoms with van der Waals surface area (Å²) in [4.78, 5) is 1.44. The Hall–Kier alpha value is -0.410. The highest BCUT2D eigenvalue weighted by atomic mass is 32.1. The molecule has 2 rings (SSSR count). The van der Waals surface area contributed by atoms with E-state index in [9.17, 15) is 0 Å². The lowest BCUT2D eigenvalue weighted by atomic mass is 9.90. The Labute approximate surface area is 70.6 Å². The lowest BCUT2D eigenvalue weighted by molar-refractivity contribution is 0.571. The van der Waals surface area contributed by atoms with Crippen LogP contribution >= 0.6 is 11.5 Å². The zero-order valence-corrected chi connectivity index (χ0v) is 7.23. The second-order valence-electron chi connectivity index (χ2n) is 3.04. The maximum Gasteiger partial charge on any atom is 0.0441 e. The van der Waals surface area contributed by atoms with Gasteiger partial charge in [0.05, 0.1) is 0 Å². The normalized spacial score (nSPS) is 23.2. The van der Waals surface area contributed by atoms with Gasteiger partial charge in [-0.1, -0.05) is 0 Å². The van der Waals surface area contributed by atoms with Crippen molar-refractivity contribution in [1.29, 1.82) is 0 Å². The van der Waals surface area contributed by atoms with Crippen LogP contribution in [0.5, 0.6) is 0 Å². The molecule has 3 heteroatoms. The van der Waals surface area contributed by atoms with E-state index in [1.54, 1.807) is 11.5 Å². The maximum atomic E-state index is 5.66. The highest BCUT2D eigenvalue weighted by molar-refractivity contribution is 7.06. The first-order chi connectivity index (χ1) is 5.42. The minimum absolute atomic E-state index is 0.603. The van der Waals surface area contributed by atoms with Crippen molar-refractivity contribution in [2.45, 2.75) is 25.2 Å². The van der Waals surface area contributed by atoms with E-state index in [0.29, 0.717) is 5.92 Å². The summed E-state index contributed by atoms with van der Waals surface area (Å²) in [5.41, 5.74) is 7.10. The fourth-order valence-electron chi connectivity index (χ4n) is 1.69. The largest absolute Gasteiger partial charge is 0.330 e. The quantitative estimate of drug-likeness (QED) is 0.690. The lowest BCUT2D eigenvalue weighted by Crippen LogP contribution is -2.16. The molecule has 0 saturated heterocycles. The highest BCUT2D eigenvalue weighted by Gasteiger charge is 2.20. The Morgan fingerprint density at radius 2 is 2.64 bits per heavy atom. The van der Waals surface area contributed by atoms with Crippen molar-refractivity contribution in [3.8, 4) is 0 Å². The fourth-order valence-corrected chi connectivity index (χ4v) is 2.62. The first kappa shape index (κ1) is 7.25. The van der Waals surface area contributed by atoms with Gasteiger partial charge in [0.1, 0.15) is 0 Å². The van der Waals surface area contributed by atoms with Crippen molar-refractivity contribution in [3.05, 3.63) is 16.6 Å². The average molecular weight is 168 g/mol. The van der Waals surface area contributed by atoms with Crippen LogP contribution in [0.1, 0.15) is 29.2 Å². The van der Waals surface area contributed by atoms with Gasteiger partial charge < -0.3 is 5.73 Å². The van der Waals surface area contributed by atoms with Gasteiger partial charge in [0.15, 0.2) is 0 Å². The van der Waals surface area contributed by atoms with Crippen molar-refractivity contribution in [3.63, 3.8) is 0 Å². The Morgan fingerprint density at radius 3 is 3.45 bits per heavy atom. The number of rotatable bonds is 1. The number of hydrogen-bond donors (Lipinski definition) is 1. The Morgan fingerprint density at radius 1 is 1.73 bits per heavy atom. The van der Waals surface area contributed by atoms with Crippen molar-refractivity contribution in [2.24, 2.45) is 5.73 Å². The van der Waals surface area contributed by atoms with Crippen LogP contribution < -0.4 is 5.73 Å². The van der Waals surface area contributed by atoms with Gasteiger partial charge in [-0.3, -0.25) is 0 Å². The summed E-state index contributed by atoms with van der Waals surface area (Å²) < 4.78 is 4.19. The monoisotopic (exact) mass is 168 g/mol. The predicted octanol–water partition coefficient (Wildman–Crippen LogP) is 1.52. The Kier molecular flexibility index (Phi) is 1.92. The van der Waals surface area contributed by atoms with E-state index in [4.69, 9.17) is 5.73 Å². The summed E-state index contributed by atoms with van der Waals surface area (Å²) in [6.07, 6.45) is 5.75. The van der Waals surface area contributed by atoms with Gasteiger partial charge >= 0.3 is 0 Å². The molecule has 0 aromatic carbocycles. The molecule has 1 unspecified atom stereocenters. The molecular weight excluding hydrogens is 156 g/mol. The van der Waals surface area contributed by atoms with Gasteiger partial charge in [-0.25, -0.2) is 4.37 Å². The Balaban J connectivity index is 2.32. The minimum Gasteiger partial charge on any atom is -0.330 e. The fraction of sp³-hybridized carbons (Fsp3) is 0.625. The van der Waals surface area contributed by atoms with E-state index in [-0.39, 0.29) is 0 Å². The summed E-state index contributed by atoms with van der Waals surface area (Å²) >= 11 is 1.63. The van der Waals surface area contributed by atoms with Crippen LogP contribution in [0.3, 0.4) is 0 Å². The molecule has 2 N–H and O–H groups in total. The molecule has 1 aliphatic rings. The topological polar surface area (TPSA) is 38.9 Å². The van der Waals surface area contributed by atoms with Crippen LogP contribution in [0.15, 0.2) is 6.20 Å². The van der Waals surface area contributed by atoms with E-state index in [1.807, 2.05) is 6.20 Å². The lowest BCUT2D eigenvalue weighted by Gasteiger charge is -2.19. The van der Waals surface area contributed by atoms with E-state index >= 15 is 0 Å². The first-order valence-electron chi connectivity index (χ1n) is 4.05. The molecule has 0 aliphatic heterocycles. The summed E-state index contributed by atoms with van der Waals surface area (Å²) in [6, 6.07) is 0. The van der Waals surface area contributed by atoms with Crippen LogP contribution in [0, 0.1) is 0 Å². The molecule has 0 spiro atoms. The summed E-state index contributed by atoms with van der Waals surface area (Å²) in [7, 11) is 0. The molecule has 60 valence electrons. The van der Waals surface area contributed by atoms with Crippen LogP contribution in [0.2, 0.25) is 0 Å². The molecule has 2 nitrogen and oxygen atoms in total. The van der Waals surface area contributed by atoms with E-state index < -0.39 is 0 Å². The summed E-state index contributed by atoms with van der Waals surface area (Å²) in [6.45, 7) is 0.787. The number of nitrogens with zero attached hydrogens (tertiary/aromatic N) is 1. The Bertz CT molecular complexity index is 244. The molecule has 0 amide bonds. The molecule has 1 aliphatic carbocycles. The highest BCUT2D eigenvalue weighted by Crippen LogP contribution is 2.32. The van der Waals surface area contributed by atoms with E-state index in [1.165, 1.54) is 29.7 Å². The SMILES string of the molecule is NCC1CCCc2cnsc21. The number of aromatic nitrogens is 1. The standard InChI is InChI=1S/C8H12N2S/c9-4-6-2-1-3-7-5-10-11-8(6)7/h5-6H,1-4,9H2. The van der Waals surface area contributed by atoms with Gasteiger partial charge in [-0.2, -0.15) is 0 Å². The van der Waals surface area contributed by atoms with Gasteiger partial charge in [0, 0.05) is 23.5 Å². The van der Waals surface area contributed by atoms with Crippen molar-refractivity contribution in [1.82, 2.24) is 4.37 Å². The van der Waals surface area contributed by atoms with E-state index in [0.717, 1.165) is 6.54 Å². The third-order valence-electron chi connectivity index (χ3n) is 2.33. The van der Waals surface area contributed by atoms with E-state index in [2.05, 4.69) is 4.37 Å². The smallest absolute Gasteiger partial charge is 0.0441 e. The maximum absolute atomic E-state index is 5.66. The molecule has 1 atom stereocenters. The van der Waals surface area contributed by atoms with Gasteiger partial charge in [0.25, 0.3) is 0 Å². The molecule has 0 radical (unpaired) electrons. The average Bonchev–Trinajstić information content (AvgIpc) is 2.50. The van der Waals surface area contributed by atoms with Gasteiger partial charge in [-0.05, 0) is 36.4 Å².